The third-order valence-electron chi connectivity index (χ3n) is 4.32. The minimum Gasteiger partial charge on any atom is -0.385 e. The second-order valence-corrected chi connectivity index (χ2v) is 5.86. The number of nitrogens with zero attached hydrogens (tertiary/aromatic N) is 2. The highest BCUT2D eigenvalue weighted by Gasteiger charge is 2.31. The van der Waals surface area contributed by atoms with Gasteiger partial charge in [0.1, 0.15) is 17.1 Å². The fourth-order valence-corrected chi connectivity index (χ4v) is 2.90. The molecule has 1 saturated carbocycles. The van der Waals surface area contributed by atoms with Crippen LogP contribution in [0.1, 0.15) is 45.0 Å². The largest absolute Gasteiger partial charge is 0.385 e. The van der Waals surface area contributed by atoms with Crippen LogP contribution in [0.4, 0.5) is 0 Å². The van der Waals surface area contributed by atoms with Crippen LogP contribution in [-0.4, -0.2) is 14.7 Å². The van der Waals surface area contributed by atoms with Gasteiger partial charge in [0.25, 0.3) is 0 Å². The lowest BCUT2D eigenvalue weighted by molar-refractivity contribution is 0.0481. The van der Waals surface area contributed by atoms with Crippen molar-refractivity contribution in [3.8, 4) is 0 Å². The van der Waals surface area contributed by atoms with E-state index in [9.17, 15) is 5.11 Å². The van der Waals surface area contributed by atoms with E-state index in [2.05, 4.69) is 18.8 Å². The molecule has 0 aromatic carbocycles. The molecule has 0 saturated heterocycles. The molecule has 1 N–H and O–H groups in total. The van der Waals surface area contributed by atoms with Crippen molar-refractivity contribution in [3.05, 3.63) is 17.2 Å². The van der Waals surface area contributed by atoms with Crippen molar-refractivity contribution >= 4 is 11.6 Å². The summed E-state index contributed by atoms with van der Waals surface area (Å²) >= 11 is 5.95. The topological polar surface area (TPSA) is 38.1 Å². The standard InChI is InChI=1S/C13H21ClN2O/c1-8-4-5-10(6-9(8)2)12(17)13-15-7-11(14)16(13)3/h7-10,12,17H,4-6H2,1-3H3. The molecule has 0 bridgehead atoms. The fourth-order valence-electron chi connectivity index (χ4n) is 2.76. The molecule has 1 aliphatic carbocycles. The predicted octanol–water partition coefficient (Wildman–Crippen LogP) is 3.18. The number of rotatable bonds is 2. The third kappa shape index (κ3) is 2.50. The number of imidazole rings is 1. The summed E-state index contributed by atoms with van der Waals surface area (Å²) in [4.78, 5) is 4.22. The Hall–Kier alpha value is -0.540. The number of halogens is 1. The maximum atomic E-state index is 10.4. The normalized spacial score (nSPS) is 31.5. The van der Waals surface area contributed by atoms with Crippen LogP contribution in [0.25, 0.3) is 0 Å². The average Bonchev–Trinajstić information content (AvgIpc) is 2.63. The molecule has 1 aliphatic rings. The zero-order chi connectivity index (χ0) is 12.6. The van der Waals surface area contributed by atoms with Crippen LogP contribution >= 0.6 is 11.6 Å². The second kappa shape index (κ2) is 4.99. The van der Waals surface area contributed by atoms with Gasteiger partial charge in [0.05, 0.1) is 6.20 Å². The number of aliphatic hydroxyl groups excluding tert-OH is 1. The van der Waals surface area contributed by atoms with Crippen molar-refractivity contribution in [2.24, 2.45) is 24.8 Å². The van der Waals surface area contributed by atoms with Crippen molar-refractivity contribution in [1.29, 1.82) is 0 Å². The summed E-state index contributed by atoms with van der Waals surface area (Å²) in [5.74, 6) is 2.46. The van der Waals surface area contributed by atoms with Crippen LogP contribution in [0.5, 0.6) is 0 Å². The summed E-state index contributed by atoms with van der Waals surface area (Å²) < 4.78 is 1.77. The highest BCUT2D eigenvalue weighted by molar-refractivity contribution is 6.29. The van der Waals surface area contributed by atoms with Gasteiger partial charge in [-0.2, -0.15) is 0 Å². The number of hydrogen-bond donors (Lipinski definition) is 1. The Bertz CT molecular complexity index is 391. The van der Waals surface area contributed by atoms with Gasteiger partial charge in [-0.05, 0) is 30.6 Å². The zero-order valence-electron chi connectivity index (χ0n) is 10.7. The summed E-state index contributed by atoms with van der Waals surface area (Å²) in [5.41, 5.74) is 0. The van der Waals surface area contributed by atoms with Crippen LogP contribution in [-0.2, 0) is 7.05 Å². The first kappa shape index (κ1) is 12.9. The van der Waals surface area contributed by atoms with Crippen LogP contribution in [0.3, 0.4) is 0 Å². The summed E-state index contributed by atoms with van der Waals surface area (Å²) in [6.45, 7) is 4.57. The Balaban J connectivity index is 2.10. The van der Waals surface area contributed by atoms with Gasteiger partial charge in [-0.3, -0.25) is 0 Å². The van der Waals surface area contributed by atoms with Crippen molar-refractivity contribution < 1.29 is 5.11 Å². The van der Waals surface area contributed by atoms with E-state index in [1.54, 1.807) is 10.8 Å². The molecule has 1 heterocycles. The van der Waals surface area contributed by atoms with E-state index < -0.39 is 6.10 Å². The monoisotopic (exact) mass is 256 g/mol. The molecular weight excluding hydrogens is 236 g/mol. The molecule has 0 radical (unpaired) electrons. The quantitative estimate of drug-likeness (QED) is 0.883. The molecule has 2 rings (SSSR count). The zero-order valence-corrected chi connectivity index (χ0v) is 11.5. The van der Waals surface area contributed by atoms with E-state index in [4.69, 9.17) is 11.6 Å². The summed E-state index contributed by atoms with van der Waals surface area (Å²) in [6.07, 6.45) is 4.47. The molecule has 1 aromatic heterocycles. The maximum Gasteiger partial charge on any atom is 0.138 e. The first-order chi connectivity index (χ1) is 8.00. The SMILES string of the molecule is CC1CCC(C(O)c2ncc(Cl)n2C)CC1C. The van der Waals surface area contributed by atoms with Crippen LogP contribution < -0.4 is 0 Å². The lowest BCUT2D eigenvalue weighted by Crippen LogP contribution is -2.26. The van der Waals surface area contributed by atoms with E-state index in [-0.39, 0.29) is 0 Å². The van der Waals surface area contributed by atoms with Crippen LogP contribution in [0, 0.1) is 17.8 Å². The van der Waals surface area contributed by atoms with Gasteiger partial charge in [-0.1, -0.05) is 31.9 Å². The summed E-state index contributed by atoms with van der Waals surface area (Å²) in [7, 11) is 1.85. The van der Waals surface area contributed by atoms with Gasteiger partial charge in [-0.15, -0.1) is 0 Å². The minimum atomic E-state index is -0.484. The van der Waals surface area contributed by atoms with Gasteiger partial charge in [-0.25, -0.2) is 4.98 Å². The van der Waals surface area contributed by atoms with Crippen molar-refractivity contribution in [1.82, 2.24) is 9.55 Å². The second-order valence-electron chi connectivity index (χ2n) is 5.47. The Morgan fingerprint density at radius 1 is 1.41 bits per heavy atom. The van der Waals surface area contributed by atoms with Crippen LogP contribution in [0.15, 0.2) is 6.20 Å². The average molecular weight is 257 g/mol. The Kier molecular flexibility index (Phi) is 3.79. The molecule has 96 valence electrons. The van der Waals surface area contributed by atoms with Crippen molar-refractivity contribution in [3.63, 3.8) is 0 Å². The van der Waals surface area contributed by atoms with E-state index in [1.807, 2.05) is 7.05 Å². The predicted molar refractivity (Wildman–Crippen MR) is 68.8 cm³/mol. The lowest BCUT2D eigenvalue weighted by atomic mass is 9.74. The minimum absolute atomic E-state index is 0.318. The molecule has 17 heavy (non-hydrogen) atoms. The van der Waals surface area contributed by atoms with Crippen molar-refractivity contribution in [2.45, 2.75) is 39.2 Å². The van der Waals surface area contributed by atoms with Gasteiger partial charge < -0.3 is 9.67 Å². The molecule has 0 spiro atoms. The first-order valence-electron chi connectivity index (χ1n) is 6.36. The maximum absolute atomic E-state index is 10.4. The van der Waals surface area contributed by atoms with E-state index in [0.717, 1.165) is 18.8 Å². The molecule has 3 nitrogen and oxygen atoms in total. The van der Waals surface area contributed by atoms with E-state index in [0.29, 0.717) is 22.8 Å². The third-order valence-corrected chi connectivity index (χ3v) is 4.67. The van der Waals surface area contributed by atoms with Crippen molar-refractivity contribution in [2.75, 3.05) is 0 Å². The summed E-state index contributed by atoms with van der Waals surface area (Å²) in [6, 6.07) is 0. The molecule has 4 heteroatoms. The first-order valence-corrected chi connectivity index (χ1v) is 6.73. The van der Waals surface area contributed by atoms with Gasteiger partial charge in [0.2, 0.25) is 0 Å². The van der Waals surface area contributed by atoms with E-state index >= 15 is 0 Å². The molecule has 4 unspecified atom stereocenters. The van der Waals surface area contributed by atoms with Crippen LogP contribution in [0.2, 0.25) is 5.15 Å². The molecule has 4 atom stereocenters. The molecule has 0 amide bonds. The molecule has 0 aliphatic heterocycles. The Morgan fingerprint density at radius 3 is 2.65 bits per heavy atom. The Labute approximate surface area is 108 Å². The summed E-state index contributed by atoms with van der Waals surface area (Å²) in [5, 5.41) is 11.0. The smallest absolute Gasteiger partial charge is 0.138 e. The van der Waals surface area contributed by atoms with Gasteiger partial charge in [0, 0.05) is 7.05 Å². The Morgan fingerprint density at radius 2 is 2.12 bits per heavy atom. The van der Waals surface area contributed by atoms with Gasteiger partial charge >= 0.3 is 0 Å². The molecule has 1 fully saturated rings. The molecule has 1 aromatic rings. The fraction of sp³-hybridized carbons (Fsp3) is 0.769. The van der Waals surface area contributed by atoms with Gasteiger partial charge in [0.15, 0.2) is 0 Å². The number of aromatic nitrogens is 2. The molecular formula is C13H21ClN2O. The highest BCUT2D eigenvalue weighted by atomic mass is 35.5. The lowest BCUT2D eigenvalue weighted by Gasteiger charge is -2.34. The highest BCUT2D eigenvalue weighted by Crippen LogP contribution is 2.39. The van der Waals surface area contributed by atoms with E-state index in [1.165, 1.54) is 6.42 Å². The number of hydrogen-bond acceptors (Lipinski definition) is 2. The number of aliphatic hydroxyl groups is 1.